The van der Waals surface area contributed by atoms with E-state index < -0.39 is 0 Å². The molecule has 0 aliphatic heterocycles. The van der Waals surface area contributed by atoms with E-state index in [4.69, 9.17) is 4.74 Å². The summed E-state index contributed by atoms with van der Waals surface area (Å²) in [5.41, 5.74) is 2.14. The zero-order chi connectivity index (χ0) is 10.7. The third-order valence-corrected chi connectivity index (χ3v) is 2.95. The van der Waals surface area contributed by atoms with Gasteiger partial charge in [-0.1, -0.05) is 24.3 Å². The number of benzene rings is 1. The summed E-state index contributed by atoms with van der Waals surface area (Å²) in [5, 5.41) is 9.82. The fourth-order valence-corrected chi connectivity index (χ4v) is 1.82. The molecule has 0 amide bonds. The molecule has 0 unspecified atom stereocenters. The Morgan fingerprint density at radius 3 is 2.73 bits per heavy atom. The van der Waals surface area contributed by atoms with E-state index in [0.29, 0.717) is 0 Å². The maximum atomic E-state index is 9.82. The molecule has 1 saturated carbocycles. The lowest BCUT2D eigenvalue weighted by atomic mass is 10.0. The Morgan fingerprint density at radius 2 is 2.07 bits per heavy atom. The van der Waals surface area contributed by atoms with Crippen LogP contribution >= 0.6 is 0 Å². The lowest BCUT2D eigenvalue weighted by Crippen LogP contribution is -2.10. The van der Waals surface area contributed by atoms with Gasteiger partial charge in [-0.3, -0.25) is 0 Å². The van der Waals surface area contributed by atoms with Crippen LogP contribution in [0.5, 0.6) is 0 Å². The van der Waals surface area contributed by atoms with Gasteiger partial charge in [0.2, 0.25) is 0 Å². The van der Waals surface area contributed by atoms with Crippen molar-refractivity contribution in [2.24, 2.45) is 0 Å². The summed E-state index contributed by atoms with van der Waals surface area (Å²) in [5.74, 6) is 0. The largest absolute Gasteiger partial charge is 0.390 e. The van der Waals surface area contributed by atoms with Crippen molar-refractivity contribution in [2.75, 3.05) is 13.7 Å². The molecule has 0 spiro atoms. The highest BCUT2D eigenvalue weighted by Crippen LogP contribution is 2.38. The van der Waals surface area contributed by atoms with Crippen LogP contribution in [-0.4, -0.2) is 24.4 Å². The molecule has 2 heteroatoms. The van der Waals surface area contributed by atoms with Gasteiger partial charge in [0.1, 0.15) is 0 Å². The zero-order valence-electron chi connectivity index (χ0n) is 9.20. The second kappa shape index (κ2) is 4.33. The Labute approximate surface area is 90.9 Å². The second-order valence-electron chi connectivity index (χ2n) is 4.46. The molecule has 2 rings (SSSR count). The van der Waals surface area contributed by atoms with Crippen LogP contribution in [0.2, 0.25) is 0 Å². The molecule has 0 heterocycles. The third-order valence-electron chi connectivity index (χ3n) is 2.95. The Balaban J connectivity index is 1.98. The summed E-state index contributed by atoms with van der Waals surface area (Å²) in [6.45, 7) is 0.758. The van der Waals surface area contributed by atoms with Gasteiger partial charge in [0.05, 0.1) is 12.2 Å². The molecule has 0 bridgehead atoms. The van der Waals surface area contributed by atoms with Crippen molar-refractivity contribution >= 4 is 0 Å². The van der Waals surface area contributed by atoms with Gasteiger partial charge >= 0.3 is 0 Å². The van der Waals surface area contributed by atoms with Gasteiger partial charge in [-0.2, -0.15) is 0 Å². The van der Waals surface area contributed by atoms with Crippen LogP contribution in [0.1, 0.15) is 24.0 Å². The molecule has 2 nitrogen and oxygen atoms in total. The van der Waals surface area contributed by atoms with Gasteiger partial charge in [-0.05, 0) is 30.4 Å². The molecule has 0 radical (unpaired) electrons. The highest BCUT2D eigenvalue weighted by atomic mass is 16.5. The normalized spacial score (nSPS) is 17.7. The maximum absolute atomic E-state index is 9.82. The molecule has 0 aromatic heterocycles. The van der Waals surface area contributed by atoms with Crippen LogP contribution < -0.4 is 0 Å². The van der Waals surface area contributed by atoms with Crippen molar-refractivity contribution in [3.05, 3.63) is 35.4 Å². The van der Waals surface area contributed by atoms with Crippen molar-refractivity contribution in [1.82, 2.24) is 0 Å². The third kappa shape index (κ3) is 3.05. The van der Waals surface area contributed by atoms with Gasteiger partial charge in [0.25, 0.3) is 0 Å². The zero-order valence-corrected chi connectivity index (χ0v) is 9.20. The molecule has 1 aliphatic rings. The van der Waals surface area contributed by atoms with Crippen LogP contribution in [0.3, 0.4) is 0 Å². The average molecular weight is 206 g/mol. The molecule has 1 aromatic rings. The van der Waals surface area contributed by atoms with E-state index in [1.54, 1.807) is 7.11 Å². The smallest absolute Gasteiger partial charge is 0.0690 e. The minimum absolute atomic E-state index is 0.389. The molecular formula is C13H18O2. The lowest BCUT2D eigenvalue weighted by Gasteiger charge is -2.09. The van der Waals surface area contributed by atoms with E-state index in [-0.39, 0.29) is 5.60 Å². The molecular weight excluding hydrogens is 188 g/mol. The van der Waals surface area contributed by atoms with Crippen molar-refractivity contribution in [3.63, 3.8) is 0 Å². The Bertz CT molecular complexity index is 329. The summed E-state index contributed by atoms with van der Waals surface area (Å²) in [6.07, 6.45) is 3.65. The van der Waals surface area contributed by atoms with Crippen LogP contribution in [0.4, 0.5) is 0 Å². The summed E-state index contributed by atoms with van der Waals surface area (Å²) in [7, 11) is 1.72. The SMILES string of the molecule is COCCc1cccc(CC2(O)CC2)c1. The van der Waals surface area contributed by atoms with Crippen molar-refractivity contribution in [3.8, 4) is 0 Å². The lowest BCUT2D eigenvalue weighted by molar-refractivity contribution is 0.151. The highest BCUT2D eigenvalue weighted by Gasteiger charge is 2.39. The highest BCUT2D eigenvalue weighted by molar-refractivity contribution is 5.26. The monoisotopic (exact) mass is 206 g/mol. The summed E-state index contributed by atoms with van der Waals surface area (Å²) >= 11 is 0. The van der Waals surface area contributed by atoms with E-state index in [9.17, 15) is 5.11 Å². The number of hydrogen-bond acceptors (Lipinski definition) is 2. The van der Waals surface area contributed by atoms with Crippen LogP contribution in [0.25, 0.3) is 0 Å². The van der Waals surface area contributed by atoms with Crippen LogP contribution in [0, 0.1) is 0 Å². The van der Waals surface area contributed by atoms with Gasteiger partial charge in [0, 0.05) is 13.5 Å². The number of methoxy groups -OCH3 is 1. The summed E-state index contributed by atoms with van der Waals surface area (Å²) in [6, 6.07) is 8.44. The quantitative estimate of drug-likeness (QED) is 0.797. The second-order valence-corrected chi connectivity index (χ2v) is 4.46. The van der Waals surface area contributed by atoms with Gasteiger partial charge in [-0.25, -0.2) is 0 Å². The summed E-state index contributed by atoms with van der Waals surface area (Å²) < 4.78 is 5.05. The molecule has 0 atom stereocenters. The first-order valence-corrected chi connectivity index (χ1v) is 5.51. The van der Waals surface area contributed by atoms with E-state index in [1.165, 1.54) is 11.1 Å². The average Bonchev–Trinajstić information content (AvgIpc) is 2.93. The van der Waals surface area contributed by atoms with Crippen LogP contribution in [0.15, 0.2) is 24.3 Å². The minimum Gasteiger partial charge on any atom is -0.390 e. The summed E-state index contributed by atoms with van der Waals surface area (Å²) in [4.78, 5) is 0. The molecule has 1 fully saturated rings. The number of aliphatic hydroxyl groups is 1. The van der Waals surface area contributed by atoms with Gasteiger partial charge < -0.3 is 9.84 Å². The van der Waals surface area contributed by atoms with E-state index in [0.717, 1.165) is 32.3 Å². The molecule has 1 aliphatic carbocycles. The van der Waals surface area contributed by atoms with Crippen LogP contribution in [-0.2, 0) is 17.6 Å². The van der Waals surface area contributed by atoms with Crippen molar-refractivity contribution in [2.45, 2.75) is 31.3 Å². The first-order valence-electron chi connectivity index (χ1n) is 5.51. The standard InChI is InChI=1S/C13H18O2/c1-15-8-5-11-3-2-4-12(9-11)10-13(14)6-7-13/h2-4,9,14H,5-8,10H2,1H3. The maximum Gasteiger partial charge on any atom is 0.0690 e. The predicted molar refractivity (Wildman–Crippen MR) is 59.9 cm³/mol. The number of ether oxygens (including phenoxy) is 1. The van der Waals surface area contributed by atoms with Gasteiger partial charge in [-0.15, -0.1) is 0 Å². The van der Waals surface area contributed by atoms with E-state index in [1.807, 2.05) is 0 Å². The molecule has 1 aromatic carbocycles. The van der Waals surface area contributed by atoms with E-state index in [2.05, 4.69) is 24.3 Å². The fraction of sp³-hybridized carbons (Fsp3) is 0.538. The minimum atomic E-state index is -0.389. The van der Waals surface area contributed by atoms with E-state index >= 15 is 0 Å². The fourth-order valence-electron chi connectivity index (χ4n) is 1.82. The Hall–Kier alpha value is -0.860. The first kappa shape index (κ1) is 10.7. The van der Waals surface area contributed by atoms with Crippen molar-refractivity contribution in [1.29, 1.82) is 0 Å². The number of hydrogen-bond donors (Lipinski definition) is 1. The topological polar surface area (TPSA) is 29.5 Å². The predicted octanol–water partition coefficient (Wildman–Crippen LogP) is 1.94. The molecule has 15 heavy (non-hydrogen) atoms. The first-order chi connectivity index (χ1) is 7.22. The molecule has 1 N–H and O–H groups in total. The molecule has 0 saturated heterocycles. The van der Waals surface area contributed by atoms with Crippen molar-refractivity contribution < 1.29 is 9.84 Å². The Morgan fingerprint density at radius 1 is 1.33 bits per heavy atom. The molecule has 82 valence electrons. The number of rotatable bonds is 5. The van der Waals surface area contributed by atoms with Gasteiger partial charge in [0.15, 0.2) is 0 Å². The Kier molecular flexibility index (Phi) is 3.08.